The van der Waals surface area contributed by atoms with E-state index in [4.69, 9.17) is 10.00 Å². The molecule has 0 aliphatic carbocycles. The molecule has 0 aromatic heterocycles. The predicted octanol–water partition coefficient (Wildman–Crippen LogP) is 3.87. The number of nitrogens with one attached hydrogen (secondary N) is 1. The number of nitriles is 1. The van der Waals surface area contributed by atoms with Crippen molar-refractivity contribution in [2.75, 3.05) is 18.5 Å². The number of rotatable bonds is 10. The van der Waals surface area contributed by atoms with Crippen LogP contribution in [0.4, 0.5) is 5.69 Å². The topological polar surface area (TPSA) is 62.1 Å². The average Bonchev–Trinajstić information content (AvgIpc) is 2.50. The first kappa shape index (κ1) is 17.2. The van der Waals surface area contributed by atoms with Gasteiger partial charge in [0.05, 0.1) is 11.3 Å². The maximum absolute atomic E-state index is 11.7. The molecule has 1 rings (SSSR count). The summed E-state index contributed by atoms with van der Waals surface area (Å²) in [6.07, 6.45) is 7.20. The zero-order valence-electron chi connectivity index (χ0n) is 12.7. The summed E-state index contributed by atoms with van der Waals surface area (Å²) < 4.78 is 5.35. The normalized spacial score (nSPS) is 10.1. The fourth-order valence-electron chi connectivity index (χ4n) is 2.03. The van der Waals surface area contributed by atoms with Crippen molar-refractivity contribution in [3.05, 3.63) is 29.8 Å². The number of nitrogens with zero attached hydrogens (tertiary/aromatic N) is 1. The first-order chi connectivity index (χ1) is 10.3. The predicted molar refractivity (Wildman–Crippen MR) is 84.0 cm³/mol. The summed E-state index contributed by atoms with van der Waals surface area (Å²) >= 11 is 0. The van der Waals surface area contributed by atoms with Gasteiger partial charge in [0, 0.05) is 6.61 Å². The molecule has 0 fully saturated rings. The van der Waals surface area contributed by atoms with Gasteiger partial charge in [-0.2, -0.15) is 5.26 Å². The third-order valence-corrected chi connectivity index (χ3v) is 3.20. The Kier molecular flexibility index (Phi) is 8.90. The lowest BCUT2D eigenvalue weighted by Gasteiger charge is -2.07. The molecule has 0 aliphatic rings. The van der Waals surface area contributed by atoms with Crippen LogP contribution < -0.4 is 5.32 Å². The van der Waals surface area contributed by atoms with Crippen LogP contribution >= 0.6 is 0 Å². The van der Waals surface area contributed by atoms with Crippen molar-refractivity contribution < 1.29 is 9.53 Å². The zero-order chi connectivity index (χ0) is 15.3. The summed E-state index contributed by atoms with van der Waals surface area (Å²) in [5, 5.41) is 11.6. The van der Waals surface area contributed by atoms with Gasteiger partial charge < -0.3 is 10.1 Å². The fraction of sp³-hybridized carbons (Fsp3) is 0.529. The third-order valence-electron chi connectivity index (χ3n) is 3.20. The standard InChI is InChI=1S/C17H24N2O2/c1-2-3-4-5-6-9-12-21-14-17(20)19-16-11-8-7-10-15(16)13-18/h7-8,10-11H,2-6,9,12,14H2,1H3,(H,19,20). The van der Waals surface area contributed by atoms with Crippen molar-refractivity contribution in [1.29, 1.82) is 5.26 Å². The quantitative estimate of drug-likeness (QED) is 0.665. The highest BCUT2D eigenvalue weighted by atomic mass is 16.5. The summed E-state index contributed by atoms with van der Waals surface area (Å²) in [7, 11) is 0. The first-order valence-corrected chi connectivity index (χ1v) is 7.64. The number of ether oxygens (including phenoxy) is 1. The summed E-state index contributed by atoms with van der Waals surface area (Å²) in [4.78, 5) is 11.7. The van der Waals surface area contributed by atoms with Crippen LogP contribution in [0.15, 0.2) is 24.3 Å². The number of amides is 1. The van der Waals surface area contributed by atoms with E-state index < -0.39 is 0 Å². The van der Waals surface area contributed by atoms with Crippen molar-refractivity contribution in [3.63, 3.8) is 0 Å². The van der Waals surface area contributed by atoms with Gasteiger partial charge in [0.1, 0.15) is 12.7 Å². The molecule has 1 N–H and O–H groups in total. The zero-order valence-corrected chi connectivity index (χ0v) is 12.7. The molecular formula is C17H24N2O2. The van der Waals surface area contributed by atoms with E-state index in [0.29, 0.717) is 17.9 Å². The molecule has 0 aliphatic heterocycles. The number of carbonyl (C=O) groups excluding carboxylic acids is 1. The molecule has 0 unspecified atom stereocenters. The van der Waals surface area contributed by atoms with E-state index >= 15 is 0 Å². The van der Waals surface area contributed by atoms with Crippen molar-refractivity contribution in [2.45, 2.75) is 45.4 Å². The lowest BCUT2D eigenvalue weighted by atomic mass is 10.1. The average molecular weight is 288 g/mol. The van der Waals surface area contributed by atoms with Crippen LogP contribution in [0.25, 0.3) is 0 Å². The molecule has 0 saturated carbocycles. The number of unbranched alkanes of at least 4 members (excludes halogenated alkanes) is 5. The molecule has 1 amide bonds. The highest BCUT2D eigenvalue weighted by Crippen LogP contribution is 2.13. The molecule has 4 nitrogen and oxygen atoms in total. The minimum atomic E-state index is -0.219. The Hall–Kier alpha value is -1.86. The molecule has 0 radical (unpaired) electrons. The van der Waals surface area contributed by atoms with Crippen molar-refractivity contribution in [3.8, 4) is 6.07 Å². The van der Waals surface area contributed by atoms with Crippen LogP contribution in [0.3, 0.4) is 0 Å². The lowest BCUT2D eigenvalue weighted by molar-refractivity contribution is -0.120. The molecule has 21 heavy (non-hydrogen) atoms. The number of anilines is 1. The molecule has 0 heterocycles. The van der Waals surface area contributed by atoms with E-state index in [9.17, 15) is 4.79 Å². The molecule has 4 heteroatoms. The van der Waals surface area contributed by atoms with Gasteiger partial charge in [-0.15, -0.1) is 0 Å². The third kappa shape index (κ3) is 7.48. The van der Waals surface area contributed by atoms with Crippen LogP contribution in [0.5, 0.6) is 0 Å². The monoisotopic (exact) mass is 288 g/mol. The van der Waals surface area contributed by atoms with Crippen LogP contribution in [0.1, 0.15) is 51.0 Å². The summed E-state index contributed by atoms with van der Waals surface area (Å²) in [6, 6.07) is 8.98. The largest absolute Gasteiger partial charge is 0.372 e. The second-order valence-corrected chi connectivity index (χ2v) is 5.03. The highest BCUT2D eigenvalue weighted by Gasteiger charge is 2.05. The molecule has 0 bridgehead atoms. The number of hydrogen-bond acceptors (Lipinski definition) is 3. The van der Waals surface area contributed by atoms with Crippen LogP contribution in [0.2, 0.25) is 0 Å². The van der Waals surface area contributed by atoms with Gasteiger partial charge in [-0.3, -0.25) is 4.79 Å². The molecular weight excluding hydrogens is 264 g/mol. The second kappa shape index (κ2) is 10.9. The maximum Gasteiger partial charge on any atom is 0.250 e. The summed E-state index contributed by atoms with van der Waals surface area (Å²) in [5.41, 5.74) is 0.995. The molecule has 114 valence electrons. The van der Waals surface area contributed by atoms with Crippen LogP contribution in [-0.2, 0) is 9.53 Å². The Bertz CT molecular complexity index is 466. The smallest absolute Gasteiger partial charge is 0.250 e. The maximum atomic E-state index is 11.7. The second-order valence-electron chi connectivity index (χ2n) is 5.03. The van der Waals surface area contributed by atoms with E-state index in [2.05, 4.69) is 12.2 Å². The van der Waals surface area contributed by atoms with E-state index in [1.54, 1.807) is 24.3 Å². The van der Waals surface area contributed by atoms with E-state index in [0.717, 1.165) is 12.8 Å². The Morgan fingerprint density at radius 2 is 1.90 bits per heavy atom. The molecule has 1 aromatic rings. The van der Waals surface area contributed by atoms with Gasteiger partial charge >= 0.3 is 0 Å². The van der Waals surface area contributed by atoms with E-state index in [1.807, 2.05) is 6.07 Å². The van der Waals surface area contributed by atoms with Gasteiger partial charge in [0.25, 0.3) is 0 Å². The molecule has 0 saturated heterocycles. The minimum Gasteiger partial charge on any atom is -0.372 e. The number of para-hydroxylation sites is 1. The fourth-order valence-corrected chi connectivity index (χ4v) is 2.03. The van der Waals surface area contributed by atoms with E-state index in [-0.39, 0.29) is 12.5 Å². The first-order valence-electron chi connectivity index (χ1n) is 7.64. The van der Waals surface area contributed by atoms with Gasteiger partial charge in [0.15, 0.2) is 0 Å². The Morgan fingerprint density at radius 3 is 2.67 bits per heavy atom. The lowest BCUT2D eigenvalue weighted by Crippen LogP contribution is -2.19. The molecule has 0 atom stereocenters. The van der Waals surface area contributed by atoms with Gasteiger partial charge in [-0.05, 0) is 18.6 Å². The Balaban J connectivity index is 2.13. The van der Waals surface area contributed by atoms with Gasteiger partial charge in [-0.1, -0.05) is 51.2 Å². The van der Waals surface area contributed by atoms with Crippen molar-refractivity contribution in [2.24, 2.45) is 0 Å². The summed E-state index contributed by atoms with van der Waals surface area (Å²) in [5.74, 6) is -0.219. The highest BCUT2D eigenvalue weighted by molar-refractivity contribution is 5.92. The van der Waals surface area contributed by atoms with Crippen molar-refractivity contribution in [1.82, 2.24) is 0 Å². The Morgan fingerprint density at radius 1 is 1.19 bits per heavy atom. The summed E-state index contributed by atoms with van der Waals surface area (Å²) in [6.45, 7) is 2.85. The minimum absolute atomic E-state index is 0.0364. The number of benzene rings is 1. The van der Waals surface area contributed by atoms with Gasteiger partial charge in [0.2, 0.25) is 5.91 Å². The molecule has 0 spiro atoms. The number of hydrogen-bond donors (Lipinski definition) is 1. The van der Waals surface area contributed by atoms with E-state index in [1.165, 1.54) is 25.7 Å². The SMILES string of the molecule is CCCCCCCCOCC(=O)Nc1ccccc1C#N. The number of carbonyl (C=O) groups is 1. The Labute approximate surface area is 127 Å². The molecule has 1 aromatic carbocycles. The van der Waals surface area contributed by atoms with Crippen LogP contribution in [0, 0.1) is 11.3 Å². The van der Waals surface area contributed by atoms with Crippen LogP contribution in [-0.4, -0.2) is 19.1 Å². The van der Waals surface area contributed by atoms with Gasteiger partial charge in [-0.25, -0.2) is 0 Å². The van der Waals surface area contributed by atoms with Crippen molar-refractivity contribution >= 4 is 11.6 Å².